The maximum atomic E-state index is 13.3. The summed E-state index contributed by atoms with van der Waals surface area (Å²) in [5, 5.41) is 3.54. The molecule has 2 rings (SSSR count). The third-order valence-corrected chi connectivity index (χ3v) is 3.77. The van der Waals surface area contributed by atoms with Crippen molar-refractivity contribution in [2.24, 2.45) is 0 Å². The van der Waals surface area contributed by atoms with Crippen LogP contribution in [-0.2, 0) is 0 Å². The van der Waals surface area contributed by atoms with E-state index in [2.05, 4.69) is 24.1 Å². The van der Waals surface area contributed by atoms with Crippen LogP contribution in [0.15, 0.2) is 18.2 Å². The van der Waals surface area contributed by atoms with E-state index in [-0.39, 0.29) is 11.4 Å². The van der Waals surface area contributed by atoms with E-state index in [0.717, 1.165) is 37.3 Å². The molecule has 0 spiro atoms. The number of benzene rings is 1. The van der Waals surface area contributed by atoms with Gasteiger partial charge < -0.3 is 10.2 Å². The molecule has 94 valence electrons. The van der Waals surface area contributed by atoms with Crippen molar-refractivity contribution < 1.29 is 4.39 Å². The molecule has 0 saturated carbocycles. The molecular weight excluding hydrogens is 215 g/mol. The summed E-state index contributed by atoms with van der Waals surface area (Å²) in [5.41, 5.74) is 2.31. The Morgan fingerprint density at radius 2 is 2.24 bits per heavy atom. The molecule has 1 aliphatic rings. The first kappa shape index (κ1) is 12.4. The third kappa shape index (κ3) is 2.60. The lowest BCUT2D eigenvalue weighted by Gasteiger charge is -2.42. The molecule has 3 heteroatoms. The smallest absolute Gasteiger partial charge is 0.125 e. The Morgan fingerprint density at radius 3 is 2.94 bits per heavy atom. The highest BCUT2D eigenvalue weighted by molar-refractivity contribution is 5.54. The Labute approximate surface area is 103 Å². The molecule has 1 saturated heterocycles. The second-order valence-electron chi connectivity index (χ2n) is 5.19. The molecule has 17 heavy (non-hydrogen) atoms. The van der Waals surface area contributed by atoms with Crippen molar-refractivity contribution >= 4 is 5.69 Å². The maximum absolute atomic E-state index is 13.3. The second-order valence-corrected chi connectivity index (χ2v) is 5.19. The molecule has 0 bridgehead atoms. The van der Waals surface area contributed by atoms with Crippen LogP contribution in [0.3, 0.4) is 0 Å². The van der Waals surface area contributed by atoms with E-state index in [0.29, 0.717) is 0 Å². The quantitative estimate of drug-likeness (QED) is 0.849. The van der Waals surface area contributed by atoms with Gasteiger partial charge in [0.15, 0.2) is 0 Å². The first-order chi connectivity index (χ1) is 8.04. The van der Waals surface area contributed by atoms with Gasteiger partial charge in [0.1, 0.15) is 5.82 Å². The number of anilines is 1. The van der Waals surface area contributed by atoms with Crippen LogP contribution in [0.5, 0.6) is 0 Å². The fourth-order valence-corrected chi connectivity index (χ4v) is 2.41. The summed E-state index contributed by atoms with van der Waals surface area (Å²) in [6, 6.07) is 5.03. The van der Waals surface area contributed by atoms with Crippen LogP contribution in [0.4, 0.5) is 10.1 Å². The summed E-state index contributed by atoms with van der Waals surface area (Å²) < 4.78 is 13.3. The van der Waals surface area contributed by atoms with Crippen LogP contribution in [0.2, 0.25) is 0 Å². The minimum absolute atomic E-state index is 0.136. The Kier molecular flexibility index (Phi) is 3.38. The van der Waals surface area contributed by atoms with Crippen molar-refractivity contribution in [3.63, 3.8) is 0 Å². The summed E-state index contributed by atoms with van der Waals surface area (Å²) in [4.78, 5) is 2.29. The van der Waals surface area contributed by atoms with E-state index >= 15 is 0 Å². The van der Waals surface area contributed by atoms with Crippen molar-refractivity contribution in [2.45, 2.75) is 32.7 Å². The van der Waals surface area contributed by atoms with E-state index in [1.165, 1.54) is 6.07 Å². The normalized spacial score (nSPS) is 25.1. The van der Waals surface area contributed by atoms with E-state index in [1.54, 1.807) is 6.07 Å². The summed E-state index contributed by atoms with van der Waals surface area (Å²) in [6.07, 6.45) is 1.08. The lowest BCUT2D eigenvalue weighted by molar-refractivity contribution is 0.314. The Balaban J connectivity index is 2.24. The summed E-state index contributed by atoms with van der Waals surface area (Å²) >= 11 is 0. The number of piperazine rings is 1. The third-order valence-electron chi connectivity index (χ3n) is 3.77. The molecule has 0 aromatic heterocycles. The fourth-order valence-electron chi connectivity index (χ4n) is 2.41. The Bertz CT molecular complexity index is 405. The first-order valence-electron chi connectivity index (χ1n) is 6.30. The van der Waals surface area contributed by atoms with E-state index in [4.69, 9.17) is 0 Å². The molecule has 1 unspecified atom stereocenters. The van der Waals surface area contributed by atoms with Gasteiger partial charge in [-0.25, -0.2) is 4.39 Å². The lowest BCUT2D eigenvalue weighted by atomic mass is 9.95. The van der Waals surface area contributed by atoms with Gasteiger partial charge in [0.2, 0.25) is 0 Å². The van der Waals surface area contributed by atoms with Crippen LogP contribution < -0.4 is 10.2 Å². The highest BCUT2D eigenvalue weighted by Crippen LogP contribution is 2.25. The average Bonchev–Trinajstić information content (AvgIpc) is 2.32. The molecule has 1 fully saturated rings. The summed E-state index contributed by atoms with van der Waals surface area (Å²) in [7, 11) is 0. The highest BCUT2D eigenvalue weighted by Gasteiger charge is 2.29. The minimum atomic E-state index is -0.151. The van der Waals surface area contributed by atoms with E-state index < -0.39 is 0 Å². The summed E-state index contributed by atoms with van der Waals surface area (Å²) in [6.45, 7) is 9.30. The van der Waals surface area contributed by atoms with Crippen LogP contribution >= 0.6 is 0 Å². The van der Waals surface area contributed by atoms with Crippen molar-refractivity contribution in [2.75, 3.05) is 24.5 Å². The van der Waals surface area contributed by atoms with Gasteiger partial charge in [-0.1, -0.05) is 13.0 Å². The van der Waals surface area contributed by atoms with Crippen molar-refractivity contribution in [1.82, 2.24) is 5.32 Å². The van der Waals surface area contributed by atoms with E-state index in [9.17, 15) is 4.39 Å². The van der Waals surface area contributed by atoms with Gasteiger partial charge in [0.25, 0.3) is 0 Å². The number of hydrogen-bond acceptors (Lipinski definition) is 2. The molecule has 1 aromatic rings. The summed E-state index contributed by atoms with van der Waals surface area (Å²) in [5.74, 6) is -0.151. The molecule has 1 atom stereocenters. The zero-order valence-electron chi connectivity index (χ0n) is 10.9. The topological polar surface area (TPSA) is 15.3 Å². The number of nitrogens with zero attached hydrogens (tertiary/aromatic N) is 1. The molecule has 1 heterocycles. The predicted molar refractivity (Wildman–Crippen MR) is 70.0 cm³/mol. The molecule has 2 nitrogen and oxygen atoms in total. The number of halogens is 1. The average molecular weight is 236 g/mol. The van der Waals surface area contributed by atoms with Gasteiger partial charge in [-0.3, -0.25) is 0 Å². The van der Waals surface area contributed by atoms with Gasteiger partial charge in [0.05, 0.1) is 0 Å². The Hall–Kier alpha value is -1.09. The fraction of sp³-hybridized carbons (Fsp3) is 0.571. The number of rotatable bonds is 2. The number of aryl methyl sites for hydroxylation is 1. The molecule has 0 radical (unpaired) electrons. The van der Waals surface area contributed by atoms with Crippen molar-refractivity contribution in [3.05, 3.63) is 29.6 Å². The molecule has 0 amide bonds. The zero-order valence-corrected chi connectivity index (χ0v) is 10.9. The van der Waals surface area contributed by atoms with Crippen molar-refractivity contribution in [1.29, 1.82) is 0 Å². The van der Waals surface area contributed by atoms with Gasteiger partial charge in [-0.15, -0.1) is 0 Å². The standard InChI is InChI=1S/C14H21FN2/c1-4-14(3)10-17(8-7-16-14)13-9-12(15)6-5-11(13)2/h5-6,9,16H,4,7-8,10H2,1-3H3. The monoisotopic (exact) mass is 236 g/mol. The SMILES string of the molecule is CCC1(C)CN(c2cc(F)ccc2C)CCN1. The van der Waals surface area contributed by atoms with Crippen LogP contribution in [0.25, 0.3) is 0 Å². The second kappa shape index (κ2) is 4.65. The molecule has 1 N–H and O–H groups in total. The first-order valence-corrected chi connectivity index (χ1v) is 6.30. The van der Waals surface area contributed by atoms with Gasteiger partial charge in [0, 0.05) is 30.9 Å². The molecule has 1 aromatic carbocycles. The van der Waals surface area contributed by atoms with E-state index in [1.807, 2.05) is 13.0 Å². The Morgan fingerprint density at radius 1 is 1.47 bits per heavy atom. The van der Waals surface area contributed by atoms with Gasteiger partial charge >= 0.3 is 0 Å². The molecular formula is C14H21FN2. The van der Waals surface area contributed by atoms with Gasteiger partial charge in [-0.2, -0.15) is 0 Å². The molecule has 0 aliphatic carbocycles. The lowest BCUT2D eigenvalue weighted by Crippen LogP contribution is -2.58. The maximum Gasteiger partial charge on any atom is 0.125 e. The van der Waals surface area contributed by atoms with Crippen LogP contribution in [0, 0.1) is 12.7 Å². The minimum Gasteiger partial charge on any atom is -0.368 e. The number of hydrogen-bond donors (Lipinski definition) is 1. The molecule has 1 aliphatic heterocycles. The van der Waals surface area contributed by atoms with Gasteiger partial charge in [-0.05, 0) is 38.0 Å². The largest absolute Gasteiger partial charge is 0.368 e. The van der Waals surface area contributed by atoms with Crippen LogP contribution in [-0.4, -0.2) is 25.2 Å². The van der Waals surface area contributed by atoms with Crippen LogP contribution in [0.1, 0.15) is 25.8 Å². The predicted octanol–water partition coefficient (Wildman–Crippen LogP) is 2.71. The number of nitrogens with one attached hydrogen (secondary N) is 1. The zero-order chi connectivity index (χ0) is 12.5. The highest BCUT2D eigenvalue weighted by atomic mass is 19.1. The van der Waals surface area contributed by atoms with Crippen molar-refractivity contribution in [3.8, 4) is 0 Å².